The van der Waals surface area contributed by atoms with Crippen LogP contribution >= 0.6 is 11.6 Å². The fraction of sp³-hybridized carbons (Fsp3) is 0.174. The van der Waals surface area contributed by atoms with E-state index in [1.807, 2.05) is 0 Å². The predicted molar refractivity (Wildman–Crippen MR) is 121 cm³/mol. The molecule has 0 saturated carbocycles. The highest BCUT2D eigenvalue weighted by Gasteiger charge is 2.21. The van der Waals surface area contributed by atoms with Crippen LogP contribution in [0, 0.1) is 0 Å². The van der Waals surface area contributed by atoms with E-state index in [4.69, 9.17) is 21.4 Å². The van der Waals surface area contributed by atoms with Gasteiger partial charge in [-0.2, -0.15) is 0 Å². The number of nitrogens with one attached hydrogen (secondary N) is 3. The van der Waals surface area contributed by atoms with Gasteiger partial charge in [-0.25, -0.2) is 18.7 Å². The summed E-state index contributed by atoms with van der Waals surface area (Å²) in [5, 5.41) is 21.2. The molecule has 8 nitrogen and oxygen atoms in total. The molecule has 0 aliphatic heterocycles. The second-order valence-electron chi connectivity index (χ2n) is 7.38. The molecule has 0 spiro atoms. The molecule has 4 aromatic rings. The molecule has 4 rings (SSSR count). The number of carbonyl (C=O) groups is 1. The van der Waals surface area contributed by atoms with E-state index in [1.54, 1.807) is 30.5 Å². The van der Waals surface area contributed by atoms with Gasteiger partial charge in [0.25, 0.3) is 12.3 Å². The Morgan fingerprint density at radius 1 is 1.24 bits per heavy atom. The number of rotatable bonds is 8. The molecule has 2 heterocycles. The van der Waals surface area contributed by atoms with Crippen molar-refractivity contribution in [1.29, 1.82) is 0 Å². The van der Waals surface area contributed by atoms with Crippen LogP contribution < -0.4 is 15.0 Å². The van der Waals surface area contributed by atoms with Gasteiger partial charge in [0.1, 0.15) is 40.9 Å². The first-order valence-electron chi connectivity index (χ1n) is 10.2. The van der Waals surface area contributed by atoms with Crippen LogP contribution in [0.5, 0.6) is 5.75 Å². The van der Waals surface area contributed by atoms with Crippen LogP contribution in [0.15, 0.2) is 54.9 Å². The molecule has 0 radical (unpaired) electrons. The number of amides is 1. The van der Waals surface area contributed by atoms with Gasteiger partial charge in [-0.1, -0.05) is 17.7 Å². The van der Waals surface area contributed by atoms with Gasteiger partial charge in [0.15, 0.2) is 12.4 Å². The van der Waals surface area contributed by atoms with E-state index in [2.05, 4.69) is 20.3 Å². The number of nitrogens with zero attached hydrogens (tertiary/aromatic N) is 1. The lowest BCUT2D eigenvalue weighted by molar-refractivity contribution is -0.376. The highest BCUT2D eigenvalue weighted by atomic mass is 35.5. The van der Waals surface area contributed by atoms with E-state index < -0.39 is 25.0 Å². The molecule has 0 unspecified atom stereocenters. The normalized spacial score (nSPS) is 12.2. The summed E-state index contributed by atoms with van der Waals surface area (Å²) in [6, 6.07) is 10.6. The van der Waals surface area contributed by atoms with E-state index in [0.29, 0.717) is 22.5 Å². The molecule has 1 amide bonds. The van der Waals surface area contributed by atoms with Crippen molar-refractivity contribution in [3.63, 3.8) is 0 Å². The molecular formula is C23H20ClF2N4O4+. The largest absolute Gasteiger partial charge is 0.491 e. The third-order valence-corrected chi connectivity index (χ3v) is 5.17. The van der Waals surface area contributed by atoms with Crippen molar-refractivity contribution in [1.82, 2.24) is 9.97 Å². The Labute approximate surface area is 197 Å². The van der Waals surface area contributed by atoms with Crippen molar-refractivity contribution in [3.8, 4) is 17.1 Å². The molecule has 11 heteroatoms. The lowest BCUT2D eigenvalue weighted by Crippen LogP contribution is -2.21. The molecule has 176 valence electrons. The Morgan fingerprint density at radius 3 is 2.82 bits per heavy atom. The van der Waals surface area contributed by atoms with Gasteiger partial charge in [0, 0.05) is 27.9 Å². The number of aromatic amines is 2. The number of carbonyl (C=O) groups excluding carboxylic acids is 1. The molecule has 0 fully saturated rings. The number of aromatic nitrogens is 3. The SMILES string of the molecule is O=C(Nc1cccc(OC[C@@H](O)CO)c1)c1c[nH+]cc2[nH]c(-c3ccc(Cl)cc3C(F)F)nc12. The number of anilines is 1. The Kier molecular flexibility index (Phi) is 7.01. The van der Waals surface area contributed by atoms with Crippen molar-refractivity contribution in [2.24, 2.45) is 0 Å². The molecule has 2 aromatic heterocycles. The number of fused-ring (bicyclic) bond motifs is 1. The Bertz CT molecular complexity index is 1330. The predicted octanol–water partition coefficient (Wildman–Crippen LogP) is 3.62. The van der Waals surface area contributed by atoms with Gasteiger partial charge in [-0.15, -0.1) is 0 Å². The van der Waals surface area contributed by atoms with Crippen LogP contribution in [0.3, 0.4) is 0 Å². The molecule has 0 aliphatic carbocycles. The molecule has 0 bridgehead atoms. The molecule has 2 aromatic carbocycles. The summed E-state index contributed by atoms with van der Waals surface area (Å²) in [6.07, 6.45) is -0.756. The first-order chi connectivity index (χ1) is 16.4. The lowest BCUT2D eigenvalue weighted by Gasteiger charge is -2.11. The number of hydrogen-bond donors (Lipinski definition) is 4. The molecule has 34 heavy (non-hydrogen) atoms. The minimum Gasteiger partial charge on any atom is -0.491 e. The summed E-state index contributed by atoms with van der Waals surface area (Å²) in [7, 11) is 0. The van der Waals surface area contributed by atoms with E-state index in [-0.39, 0.29) is 34.1 Å². The summed E-state index contributed by atoms with van der Waals surface area (Å²) in [6.45, 7) is -0.541. The average molecular weight is 490 g/mol. The second kappa shape index (κ2) is 10.1. The summed E-state index contributed by atoms with van der Waals surface area (Å²) in [4.78, 5) is 23.2. The van der Waals surface area contributed by atoms with Crippen molar-refractivity contribution in [2.45, 2.75) is 12.5 Å². The molecule has 0 aliphatic rings. The summed E-state index contributed by atoms with van der Waals surface area (Å²) < 4.78 is 32.5. The van der Waals surface area contributed by atoms with Gasteiger partial charge in [0.05, 0.1) is 6.61 Å². The van der Waals surface area contributed by atoms with Crippen molar-refractivity contribution >= 4 is 34.2 Å². The number of hydrogen-bond acceptors (Lipinski definition) is 5. The number of ether oxygens (including phenoxy) is 1. The average Bonchev–Trinajstić information content (AvgIpc) is 3.26. The highest BCUT2D eigenvalue weighted by molar-refractivity contribution is 6.30. The number of aliphatic hydroxyl groups excluding tert-OH is 2. The fourth-order valence-corrected chi connectivity index (χ4v) is 3.49. The number of aliphatic hydroxyl groups is 2. The van der Waals surface area contributed by atoms with E-state index in [9.17, 15) is 18.7 Å². The number of pyridine rings is 1. The van der Waals surface area contributed by atoms with Crippen LogP contribution in [-0.2, 0) is 0 Å². The molecule has 0 saturated heterocycles. The van der Waals surface area contributed by atoms with Crippen LogP contribution in [0.2, 0.25) is 5.02 Å². The summed E-state index contributed by atoms with van der Waals surface area (Å²) in [5.74, 6) is 0.0745. The minimum atomic E-state index is -2.76. The minimum absolute atomic E-state index is 0.108. The number of H-pyrrole nitrogens is 2. The van der Waals surface area contributed by atoms with Gasteiger partial charge in [0.2, 0.25) is 0 Å². The summed E-state index contributed by atoms with van der Waals surface area (Å²) >= 11 is 5.87. The van der Waals surface area contributed by atoms with E-state index >= 15 is 0 Å². The number of benzene rings is 2. The summed E-state index contributed by atoms with van der Waals surface area (Å²) in [5.41, 5.74) is 1.26. The van der Waals surface area contributed by atoms with Crippen molar-refractivity contribution in [3.05, 3.63) is 71.0 Å². The van der Waals surface area contributed by atoms with Gasteiger partial charge in [-0.05, 0) is 30.3 Å². The Morgan fingerprint density at radius 2 is 2.06 bits per heavy atom. The third-order valence-electron chi connectivity index (χ3n) is 4.94. The zero-order chi connectivity index (χ0) is 24.2. The smallest absolute Gasteiger partial charge is 0.264 e. The van der Waals surface area contributed by atoms with Gasteiger partial charge >= 0.3 is 0 Å². The first-order valence-corrected chi connectivity index (χ1v) is 10.5. The second-order valence-corrected chi connectivity index (χ2v) is 7.81. The van der Waals surface area contributed by atoms with Crippen LogP contribution in [-0.4, -0.2) is 45.4 Å². The van der Waals surface area contributed by atoms with Crippen molar-refractivity contribution in [2.75, 3.05) is 18.5 Å². The topological polar surface area (TPSA) is 122 Å². The zero-order valence-electron chi connectivity index (χ0n) is 17.6. The maximum atomic E-state index is 13.5. The fourth-order valence-electron chi connectivity index (χ4n) is 3.31. The van der Waals surface area contributed by atoms with Gasteiger partial charge < -0.3 is 25.3 Å². The zero-order valence-corrected chi connectivity index (χ0v) is 18.3. The standard InChI is InChI=1S/C23H19ClF2N4O4/c24-12-4-5-16(17(6-12)21(25)26)22-29-19-9-27-8-18(20(19)30-22)23(33)28-13-2-1-3-15(7-13)34-11-14(32)10-31/h1-9,14,21,31-32H,10-11H2,(H,28,33)(H,29,30)/p+1/t14-/m0/s1. The highest BCUT2D eigenvalue weighted by Crippen LogP contribution is 2.33. The van der Waals surface area contributed by atoms with Crippen LogP contribution in [0.1, 0.15) is 22.3 Å². The number of halogens is 3. The lowest BCUT2D eigenvalue weighted by atomic mass is 10.1. The van der Waals surface area contributed by atoms with E-state index in [0.717, 1.165) is 0 Å². The maximum absolute atomic E-state index is 13.5. The molecular weight excluding hydrogens is 470 g/mol. The number of alkyl halides is 2. The number of imidazole rings is 1. The monoisotopic (exact) mass is 489 g/mol. The Hall–Kier alpha value is -3.60. The van der Waals surface area contributed by atoms with Crippen LogP contribution in [0.4, 0.5) is 14.5 Å². The Balaban J connectivity index is 1.61. The third kappa shape index (κ3) is 5.14. The van der Waals surface area contributed by atoms with Crippen LogP contribution in [0.25, 0.3) is 22.4 Å². The van der Waals surface area contributed by atoms with Gasteiger partial charge in [-0.3, -0.25) is 4.79 Å². The van der Waals surface area contributed by atoms with E-state index in [1.165, 1.54) is 24.4 Å². The van der Waals surface area contributed by atoms with Crippen molar-refractivity contribution < 1.29 is 33.5 Å². The first kappa shape index (κ1) is 23.6. The molecule has 5 N–H and O–H groups in total. The maximum Gasteiger partial charge on any atom is 0.264 e. The quantitative estimate of drug-likeness (QED) is 0.301. The molecule has 1 atom stereocenters.